The van der Waals surface area contributed by atoms with E-state index >= 15 is 0 Å². The molecule has 6 heteroatoms. The number of para-hydroxylation sites is 1. The molecule has 0 saturated carbocycles. The first-order valence-electron chi connectivity index (χ1n) is 8.32. The minimum absolute atomic E-state index is 0.0857. The molecular formula is C21H17ClFNO3. The molecular weight excluding hydrogens is 369 g/mol. The molecule has 0 saturated heterocycles. The monoisotopic (exact) mass is 385 g/mol. The molecule has 0 aliphatic carbocycles. The van der Waals surface area contributed by atoms with Crippen LogP contribution in [-0.2, 0) is 9.53 Å². The largest absolute Gasteiger partial charge is 0.451 e. The number of aryl methyl sites for hydroxylation is 1. The fourth-order valence-electron chi connectivity index (χ4n) is 2.89. The van der Waals surface area contributed by atoms with Crippen LogP contribution in [0.25, 0.3) is 17.0 Å². The third-order valence-electron chi connectivity index (χ3n) is 4.19. The lowest BCUT2D eigenvalue weighted by molar-refractivity contribution is -0.140. The summed E-state index contributed by atoms with van der Waals surface area (Å²) in [6.45, 7) is 3.30. The third-order valence-corrected chi connectivity index (χ3v) is 4.52. The molecule has 0 aliphatic heterocycles. The van der Waals surface area contributed by atoms with Gasteiger partial charge in [0.25, 0.3) is 0 Å². The number of hydrogen-bond donors (Lipinski definition) is 1. The number of halogens is 2. The quantitative estimate of drug-likeness (QED) is 0.378. The number of aromatic amines is 1. The number of H-pyrrole nitrogens is 1. The Morgan fingerprint density at radius 1 is 1.19 bits per heavy atom. The Hall–Kier alpha value is -2.92. The lowest BCUT2D eigenvalue weighted by atomic mass is 10.0. The third kappa shape index (κ3) is 3.93. The maximum absolute atomic E-state index is 13.7. The summed E-state index contributed by atoms with van der Waals surface area (Å²) in [6, 6.07) is 11.6. The number of rotatable bonds is 5. The van der Waals surface area contributed by atoms with Crippen LogP contribution in [0.4, 0.5) is 4.39 Å². The van der Waals surface area contributed by atoms with E-state index in [1.165, 1.54) is 31.2 Å². The molecule has 3 rings (SSSR count). The Labute approximate surface area is 160 Å². The Kier molecular flexibility index (Phi) is 5.42. The molecule has 0 amide bonds. The first-order chi connectivity index (χ1) is 12.9. The minimum Gasteiger partial charge on any atom is -0.451 e. The average molecular weight is 386 g/mol. The Bertz CT molecular complexity index is 1030. The van der Waals surface area contributed by atoms with Gasteiger partial charge in [0.2, 0.25) is 5.78 Å². The van der Waals surface area contributed by atoms with Crippen LogP contribution in [0.3, 0.4) is 0 Å². The van der Waals surface area contributed by atoms with Crippen LogP contribution in [0.2, 0.25) is 5.02 Å². The van der Waals surface area contributed by atoms with Gasteiger partial charge in [-0.15, -0.1) is 0 Å². The number of Topliss-reactive ketones (excluding diaryl/α,β-unsaturated/α-hetero) is 1. The number of hydrogen-bond acceptors (Lipinski definition) is 3. The molecule has 0 bridgehead atoms. The van der Waals surface area contributed by atoms with Crippen molar-refractivity contribution in [1.29, 1.82) is 0 Å². The predicted molar refractivity (Wildman–Crippen MR) is 103 cm³/mol. The predicted octanol–water partition coefficient (Wildman–Crippen LogP) is 5.10. The van der Waals surface area contributed by atoms with E-state index in [0.717, 1.165) is 17.0 Å². The summed E-state index contributed by atoms with van der Waals surface area (Å²) < 4.78 is 18.9. The summed E-state index contributed by atoms with van der Waals surface area (Å²) in [4.78, 5) is 27.9. The Morgan fingerprint density at radius 3 is 2.67 bits per heavy atom. The van der Waals surface area contributed by atoms with Crippen LogP contribution < -0.4 is 0 Å². The molecule has 1 N–H and O–H groups in total. The molecule has 1 atom stereocenters. The highest BCUT2D eigenvalue weighted by atomic mass is 35.5. The number of esters is 1. The van der Waals surface area contributed by atoms with Crippen molar-refractivity contribution in [1.82, 2.24) is 4.98 Å². The summed E-state index contributed by atoms with van der Waals surface area (Å²) in [5.74, 6) is -1.62. The zero-order valence-corrected chi connectivity index (χ0v) is 15.5. The van der Waals surface area contributed by atoms with Crippen LogP contribution in [0.1, 0.15) is 28.5 Å². The van der Waals surface area contributed by atoms with Crippen molar-refractivity contribution in [3.8, 4) is 0 Å². The van der Waals surface area contributed by atoms with E-state index in [4.69, 9.17) is 16.3 Å². The van der Waals surface area contributed by atoms with Crippen molar-refractivity contribution < 1.29 is 18.7 Å². The van der Waals surface area contributed by atoms with Crippen LogP contribution in [0, 0.1) is 12.7 Å². The molecule has 2 aromatic carbocycles. The first kappa shape index (κ1) is 18.9. The van der Waals surface area contributed by atoms with Crippen molar-refractivity contribution in [3.05, 3.63) is 76.2 Å². The van der Waals surface area contributed by atoms with Gasteiger partial charge in [-0.1, -0.05) is 35.9 Å². The first-order valence-corrected chi connectivity index (χ1v) is 8.70. The average Bonchev–Trinajstić information content (AvgIpc) is 2.96. The van der Waals surface area contributed by atoms with Crippen molar-refractivity contribution in [2.75, 3.05) is 0 Å². The smallest absolute Gasteiger partial charge is 0.331 e. The van der Waals surface area contributed by atoms with E-state index in [-0.39, 0.29) is 16.4 Å². The number of ether oxygens (including phenoxy) is 1. The van der Waals surface area contributed by atoms with Crippen molar-refractivity contribution in [3.63, 3.8) is 0 Å². The number of benzene rings is 2. The summed E-state index contributed by atoms with van der Waals surface area (Å²) in [6.07, 6.45) is 1.29. The van der Waals surface area contributed by atoms with Crippen molar-refractivity contribution in [2.45, 2.75) is 20.0 Å². The Balaban J connectivity index is 1.75. The molecule has 1 aromatic heterocycles. The Morgan fingerprint density at radius 2 is 1.93 bits per heavy atom. The SMILES string of the molecule is Cc1[nH]c2ccccc2c1C(=O)[C@H](C)OC(=O)/C=C/c1c(F)cccc1Cl. The van der Waals surface area contributed by atoms with Gasteiger partial charge in [0.1, 0.15) is 5.82 Å². The zero-order chi connectivity index (χ0) is 19.6. The van der Waals surface area contributed by atoms with Gasteiger partial charge in [-0.25, -0.2) is 9.18 Å². The molecule has 0 unspecified atom stereocenters. The van der Waals surface area contributed by atoms with E-state index in [1.807, 2.05) is 24.3 Å². The number of carbonyl (C=O) groups is 2. The highest BCUT2D eigenvalue weighted by molar-refractivity contribution is 6.32. The molecule has 0 spiro atoms. The highest BCUT2D eigenvalue weighted by Crippen LogP contribution is 2.24. The number of carbonyl (C=O) groups excluding carboxylic acids is 2. The van der Waals surface area contributed by atoms with Crippen LogP contribution >= 0.6 is 11.6 Å². The van der Waals surface area contributed by atoms with Crippen molar-refractivity contribution in [2.24, 2.45) is 0 Å². The molecule has 1 heterocycles. The molecule has 27 heavy (non-hydrogen) atoms. The second-order valence-corrected chi connectivity index (χ2v) is 6.49. The fourth-order valence-corrected chi connectivity index (χ4v) is 3.11. The number of aromatic nitrogens is 1. The van der Waals surface area contributed by atoms with E-state index in [1.54, 1.807) is 6.92 Å². The van der Waals surface area contributed by atoms with E-state index in [0.29, 0.717) is 11.3 Å². The second-order valence-electron chi connectivity index (χ2n) is 6.08. The summed E-state index contributed by atoms with van der Waals surface area (Å²) >= 11 is 5.91. The summed E-state index contributed by atoms with van der Waals surface area (Å²) in [5, 5.41) is 0.953. The molecule has 3 aromatic rings. The fraction of sp³-hybridized carbons (Fsp3) is 0.143. The van der Waals surface area contributed by atoms with Gasteiger partial charge >= 0.3 is 5.97 Å². The van der Waals surface area contributed by atoms with Gasteiger partial charge in [-0.3, -0.25) is 4.79 Å². The number of fused-ring (bicyclic) bond motifs is 1. The topological polar surface area (TPSA) is 59.2 Å². The lowest BCUT2D eigenvalue weighted by Crippen LogP contribution is -2.24. The van der Waals surface area contributed by atoms with E-state index in [2.05, 4.69) is 4.98 Å². The standard InChI is InChI=1S/C21H17ClFNO3/c1-12-20(15-6-3-4-9-18(15)24-12)21(26)13(2)27-19(25)11-10-14-16(22)7-5-8-17(14)23/h3-11,13,24H,1-2H3/b11-10+/t13-/m0/s1. The van der Waals surface area contributed by atoms with Gasteiger partial charge in [0.05, 0.1) is 5.02 Å². The molecule has 138 valence electrons. The van der Waals surface area contributed by atoms with Crippen LogP contribution in [0.15, 0.2) is 48.5 Å². The maximum atomic E-state index is 13.7. The van der Waals surface area contributed by atoms with Gasteiger partial charge < -0.3 is 9.72 Å². The highest BCUT2D eigenvalue weighted by Gasteiger charge is 2.23. The maximum Gasteiger partial charge on any atom is 0.331 e. The zero-order valence-electron chi connectivity index (χ0n) is 14.8. The van der Waals surface area contributed by atoms with E-state index in [9.17, 15) is 14.0 Å². The minimum atomic E-state index is -0.990. The van der Waals surface area contributed by atoms with Gasteiger partial charge in [-0.2, -0.15) is 0 Å². The molecule has 0 radical (unpaired) electrons. The van der Waals surface area contributed by atoms with Gasteiger partial charge in [0, 0.05) is 33.8 Å². The van der Waals surface area contributed by atoms with Crippen molar-refractivity contribution >= 4 is 40.3 Å². The molecule has 4 nitrogen and oxygen atoms in total. The van der Waals surface area contributed by atoms with Gasteiger partial charge in [0.15, 0.2) is 6.10 Å². The van der Waals surface area contributed by atoms with Gasteiger partial charge in [-0.05, 0) is 38.1 Å². The lowest BCUT2D eigenvalue weighted by Gasteiger charge is -2.11. The molecule has 0 fully saturated rings. The van der Waals surface area contributed by atoms with Crippen LogP contribution in [0.5, 0.6) is 0 Å². The second kappa shape index (κ2) is 7.76. The summed E-state index contributed by atoms with van der Waals surface area (Å²) in [7, 11) is 0. The summed E-state index contributed by atoms with van der Waals surface area (Å²) in [5.41, 5.74) is 2.12. The van der Waals surface area contributed by atoms with Crippen LogP contribution in [-0.4, -0.2) is 22.8 Å². The molecule has 0 aliphatic rings. The van der Waals surface area contributed by atoms with E-state index < -0.39 is 17.9 Å². The number of nitrogens with one attached hydrogen (secondary N) is 1. The number of ketones is 1. The normalized spacial score (nSPS) is 12.4.